The minimum atomic E-state index is 0.0942. The van der Waals surface area contributed by atoms with Gasteiger partial charge in [0.2, 0.25) is 5.89 Å². The monoisotopic (exact) mass is 423 g/mol. The Bertz CT molecular complexity index is 1220. The van der Waals surface area contributed by atoms with Crippen LogP contribution in [0.25, 0.3) is 21.5 Å². The third-order valence-electron chi connectivity index (χ3n) is 5.29. The van der Waals surface area contributed by atoms with E-state index in [-0.39, 0.29) is 5.56 Å². The predicted octanol–water partition coefficient (Wildman–Crippen LogP) is 5.30. The summed E-state index contributed by atoms with van der Waals surface area (Å²) in [5.74, 6) is 1.93. The van der Waals surface area contributed by atoms with Gasteiger partial charge < -0.3 is 4.42 Å². The number of thioether (sulfide) groups is 1. The van der Waals surface area contributed by atoms with E-state index in [1.54, 1.807) is 22.1 Å². The number of nitrogens with zero attached hydrogens (tertiary/aromatic N) is 3. The molecule has 7 heteroatoms. The molecule has 0 saturated carbocycles. The fraction of sp³-hybridized carbons (Fsp3) is 0.318. The lowest BCUT2D eigenvalue weighted by atomic mass is 9.97. The Kier molecular flexibility index (Phi) is 5.01. The summed E-state index contributed by atoms with van der Waals surface area (Å²) in [5, 5.41) is 1.58. The molecule has 29 heavy (non-hydrogen) atoms. The van der Waals surface area contributed by atoms with Crippen molar-refractivity contribution in [3.8, 4) is 11.3 Å². The van der Waals surface area contributed by atoms with Crippen LogP contribution in [-0.4, -0.2) is 14.5 Å². The molecule has 148 valence electrons. The third kappa shape index (κ3) is 3.42. The van der Waals surface area contributed by atoms with Gasteiger partial charge in [-0.1, -0.05) is 42.1 Å². The molecule has 3 heterocycles. The lowest BCUT2D eigenvalue weighted by Crippen LogP contribution is -2.23. The van der Waals surface area contributed by atoms with Crippen LogP contribution in [0.5, 0.6) is 0 Å². The number of fused-ring (bicyclic) bond motifs is 3. The van der Waals surface area contributed by atoms with Gasteiger partial charge in [-0.15, -0.1) is 11.3 Å². The summed E-state index contributed by atoms with van der Waals surface area (Å²) in [5.41, 5.74) is 2.34. The Morgan fingerprint density at radius 2 is 2.03 bits per heavy atom. The van der Waals surface area contributed by atoms with Crippen LogP contribution >= 0.6 is 23.1 Å². The molecule has 1 aliphatic carbocycles. The molecule has 5 rings (SSSR count). The highest BCUT2D eigenvalue weighted by molar-refractivity contribution is 7.98. The Morgan fingerprint density at radius 3 is 2.86 bits per heavy atom. The Morgan fingerprint density at radius 1 is 1.21 bits per heavy atom. The van der Waals surface area contributed by atoms with E-state index < -0.39 is 0 Å². The lowest BCUT2D eigenvalue weighted by Gasteiger charge is -2.11. The van der Waals surface area contributed by atoms with E-state index in [9.17, 15) is 4.79 Å². The smallest absolute Gasteiger partial charge is 0.263 e. The van der Waals surface area contributed by atoms with E-state index in [1.807, 2.05) is 37.3 Å². The van der Waals surface area contributed by atoms with E-state index in [0.717, 1.165) is 46.0 Å². The van der Waals surface area contributed by atoms with Crippen LogP contribution in [0, 0.1) is 0 Å². The van der Waals surface area contributed by atoms with E-state index in [4.69, 9.17) is 9.40 Å². The number of aryl methyl sites for hydroxylation is 2. The van der Waals surface area contributed by atoms with E-state index >= 15 is 0 Å². The number of hydrogen-bond donors (Lipinski definition) is 0. The number of thiophene rings is 1. The van der Waals surface area contributed by atoms with Crippen molar-refractivity contribution in [3.05, 3.63) is 63.2 Å². The van der Waals surface area contributed by atoms with Crippen molar-refractivity contribution in [1.29, 1.82) is 0 Å². The summed E-state index contributed by atoms with van der Waals surface area (Å²) < 4.78 is 7.69. The molecule has 0 unspecified atom stereocenters. The summed E-state index contributed by atoms with van der Waals surface area (Å²) in [4.78, 5) is 24.7. The first-order valence-corrected chi connectivity index (χ1v) is 11.7. The maximum atomic E-state index is 13.2. The maximum absolute atomic E-state index is 13.2. The lowest BCUT2D eigenvalue weighted by molar-refractivity contribution is 0.529. The normalized spacial score (nSPS) is 13.7. The second-order valence-corrected chi connectivity index (χ2v) is 9.13. The van der Waals surface area contributed by atoms with Crippen molar-refractivity contribution >= 4 is 33.3 Å². The molecule has 5 nitrogen and oxygen atoms in total. The first-order chi connectivity index (χ1) is 14.2. The molecule has 0 radical (unpaired) electrons. The molecular weight excluding hydrogens is 402 g/mol. The Hall–Kier alpha value is -2.38. The quantitative estimate of drug-likeness (QED) is 0.322. The van der Waals surface area contributed by atoms with Crippen molar-refractivity contribution in [1.82, 2.24) is 14.5 Å². The first-order valence-electron chi connectivity index (χ1n) is 9.92. The topological polar surface area (TPSA) is 60.9 Å². The SMILES string of the molecule is CCn1c(SCc2ncc(-c3ccccc3)o2)nc2sc3c(c2c1=O)CCCC3. The van der Waals surface area contributed by atoms with Gasteiger partial charge in [0.15, 0.2) is 10.9 Å². The molecule has 0 bridgehead atoms. The van der Waals surface area contributed by atoms with E-state index in [1.165, 1.54) is 28.6 Å². The van der Waals surface area contributed by atoms with Gasteiger partial charge in [0, 0.05) is 17.0 Å². The fourth-order valence-electron chi connectivity index (χ4n) is 3.85. The molecule has 1 aliphatic rings. The van der Waals surface area contributed by atoms with Gasteiger partial charge >= 0.3 is 0 Å². The van der Waals surface area contributed by atoms with Crippen LogP contribution in [-0.2, 0) is 25.1 Å². The van der Waals surface area contributed by atoms with Crippen LogP contribution in [0.15, 0.2) is 50.9 Å². The first kappa shape index (κ1) is 18.6. The van der Waals surface area contributed by atoms with Gasteiger partial charge in [0.25, 0.3) is 5.56 Å². The second kappa shape index (κ2) is 7.80. The van der Waals surface area contributed by atoms with Gasteiger partial charge in [-0.05, 0) is 38.2 Å². The molecule has 0 aliphatic heterocycles. The number of hydrogen-bond acceptors (Lipinski definition) is 6. The van der Waals surface area contributed by atoms with Crippen molar-refractivity contribution in [2.45, 2.75) is 50.1 Å². The van der Waals surface area contributed by atoms with Gasteiger partial charge in [0.05, 0.1) is 17.3 Å². The molecule has 0 amide bonds. The highest BCUT2D eigenvalue weighted by Crippen LogP contribution is 2.35. The van der Waals surface area contributed by atoms with Crippen LogP contribution in [0.4, 0.5) is 0 Å². The Balaban J connectivity index is 1.45. The average molecular weight is 424 g/mol. The largest absolute Gasteiger partial charge is 0.440 e. The van der Waals surface area contributed by atoms with Crippen LogP contribution in [0.2, 0.25) is 0 Å². The number of oxazole rings is 1. The maximum Gasteiger partial charge on any atom is 0.263 e. The number of benzene rings is 1. The van der Waals surface area contributed by atoms with Gasteiger partial charge in [-0.25, -0.2) is 9.97 Å². The van der Waals surface area contributed by atoms with E-state index in [2.05, 4.69) is 4.98 Å². The molecule has 3 aromatic heterocycles. The van der Waals surface area contributed by atoms with Gasteiger partial charge in [-0.3, -0.25) is 9.36 Å². The molecule has 0 fully saturated rings. The molecule has 1 aromatic carbocycles. The minimum Gasteiger partial charge on any atom is -0.440 e. The fourth-order valence-corrected chi connectivity index (χ4v) is 6.07. The summed E-state index contributed by atoms with van der Waals surface area (Å²) >= 11 is 3.20. The summed E-state index contributed by atoms with van der Waals surface area (Å²) in [6.45, 7) is 2.60. The second-order valence-electron chi connectivity index (χ2n) is 7.11. The van der Waals surface area contributed by atoms with Crippen LogP contribution < -0.4 is 5.56 Å². The van der Waals surface area contributed by atoms with Crippen LogP contribution in [0.1, 0.15) is 36.1 Å². The summed E-state index contributed by atoms with van der Waals surface area (Å²) in [6, 6.07) is 9.93. The molecular formula is C22H21N3O2S2. The zero-order valence-corrected chi connectivity index (χ0v) is 17.8. The zero-order valence-electron chi connectivity index (χ0n) is 16.2. The average Bonchev–Trinajstić information content (AvgIpc) is 3.37. The minimum absolute atomic E-state index is 0.0942. The van der Waals surface area contributed by atoms with Crippen molar-refractivity contribution in [2.24, 2.45) is 0 Å². The molecule has 4 aromatic rings. The summed E-state index contributed by atoms with van der Waals surface area (Å²) in [6.07, 6.45) is 6.19. The Labute approximate surface area is 176 Å². The highest BCUT2D eigenvalue weighted by Gasteiger charge is 2.22. The highest BCUT2D eigenvalue weighted by atomic mass is 32.2. The molecule has 0 N–H and O–H groups in total. The predicted molar refractivity (Wildman–Crippen MR) is 118 cm³/mol. The van der Waals surface area contributed by atoms with Gasteiger partial charge in [0.1, 0.15) is 4.83 Å². The standard InChI is InChI=1S/C22H21N3O2S2/c1-2-25-21(26)19-15-10-6-7-11-17(15)29-20(19)24-22(25)28-13-18-23-12-16(27-18)14-8-4-3-5-9-14/h3-5,8-9,12H,2,6-7,10-11,13H2,1H3. The number of aromatic nitrogens is 3. The van der Waals surface area contributed by atoms with Crippen molar-refractivity contribution in [3.63, 3.8) is 0 Å². The third-order valence-corrected chi connectivity index (χ3v) is 7.44. The summed E-state index contributed by atoms with van der Waals surface area (Å²) in [7, 11) is 0. The number of rotatable bonds is 5. The zero-order chi connectivity index (χ0) is 19.8. The van der Waals surface area contributed by atoms with E-state index in [0.29, 0.717) is 18.2 Å². The van der Waals surface area contributed by atoms with Crippen LogP contribution in [0.3, 0.4) is 0 Å². The molecule has 0 atom stereocenters. The van der Waals surface area contributed by atoms with Crippen molar-refractivity contribution in [2.75, 3.05) is 0 Å². The molecule has 0 spiro atoms. The van der Waals surface area contributed by atoms with Gasteiger partial charge in [-0.2, -0.15) is 0 Å². The van der Waals surface area contributed by atoms with Crippen molar-refractivity contribution < 1.29 is 4.42 Å². The molecule has 0 saturated heterocycles.